The topological polar surface area (TPSA) is 110 Å². The molecular formula is C10H10FN5O2. The van der Waals surface area contributed by atoms with Crippen LogP contribution in [-0.4, -0.2) is 21.4 Å². The van der Waals surface area contributed by atoms with E-state index >= 15 is 0 Å². The fourth-order valence-electron chi connectivity index (χ4n) is 1.32. The zero-order chi connectivity index (χ0) is 13.1. The van der Waals surface area contributed by atoms with E-state index < -0.39 is 0 Å². The van der Waals surface area contributed by atoms with Gasteiger partial charge in [0.15, 0.2) is 17.3 Å². The molecule has 0 spiro atoms. The number of anilines is 1. The second kappa shape index (κ2) is 4.80. The molecular weight excluding hydrogens is 241 g/mol. The predicted molar refractivity (Wildman–Crippen MR) is 61.0 cm³/mol. The quantitative estimate of drug-likeness (QED) is 0.419. The molecule has 2 rings (SSSR count). The van der Waals surface area contributed by atoms with Gasteiger partial charge in [0.25, 0.3) is 0 Å². The van der Waals surface area contributed by atoms with Gasteiger partial charge < -0.3 is 5.73 Å². The normalized spacial score (nSPS) is 11.6. The Morgan fingerprint density at radius 1 is 1.50 bits per heavy atom. The molecule has 0 saturated heterocycles. The van der Waals surface area contributed by atoms with Gasteiger partial charge in [-0.1, -0.05) is 0 Å². The minimum Gasteiger partial charge on any atom is -0.379 e. The van der Waals surface area contributed by atoms with Crippen LogP contribution in [0, 0.1) is 12.7 Å². The maximum atomic E-state index is 13.1. The minimum atomic E-state index is -0.338. The Labute approximate surface area is 101 Å². The number of aliphatic imine (C=N–C) groups is 1. The van der Waals surface area contributed by atoms with Crippen LogP contribution in [0.25, 0.3) is 0 Å². The van der Waals surface area contributed by atoms with E-state index in [2.05, 4.69) is 19.9 Å². The molecule has 0 fully saturated rings. The summed E-state index contributed by atoms with van der Waals surface area (Å²) < 4.78 is 17.5. The number of rotatable bonds is 2. The first-order valence-electron chi connectivity index (χ1n) is 4.95. The molecule has 0 saturated carbocycles. The minimum absolute atomic E-state index is 0.0193. The van der Waals surface area contributed by atoms with Crippen LogP contribution in [0.5, 0.6) is 0 Å². The summed E-state index contributed by atoms with van der Waals surface area (Å²) in [6.07, 6.45) is 0. The highest BCUT2D eigenvalue weighted by Gasteiger charge is 2.13. The van der Waals surface area contributed by atoms with Gasteiger partial charge in [-0.25, -0.2) is 14.0 Å². The highest BCUT2D eigenvalue weighted by molar-refractivity contribution is 6.01. The van der Waals surface area contributed by atoms with Crippen molar-refractivity contribution in [2.45, 2.75) is 6.92 Å². The van der Waals surface area contributed by atoms with Gasteiger partial charge >= 0.3 is 0 Å². The Morgan fingerprint density at radius 2 is 2.28 bits per heavy atom. The van der Waals surface area contributed by atoms with E-state index in [1.807, 2.05) is 5.48 Å². The number of aromatic nitrogens is 2. The van der Waals surface area contributed by atoms with Gasteiger partial charge in [0.05, 0.1) is 5.69 Å². The monoisotopic (exact) mass is 251 g/mol. The maximum Gasteiger partial charge on any atom is 0.199 e. The van der Waals surface area contributed by atoms with Crippen molar-refractivity contribution in [1.29, 1.82) is 0 Å². The standard InChI is InChI=1S/C10H10FN5O2/c1-5-4-6(2-3-7(5)11)13-10(14-17)8-9(12)16-18-15-8/h2-4,17H,1H3,(H2,12,16)(H,13,14). The first kappa shape index (κ1) is 12.0. The van der Waals surface area contributed by atoms with Gasteiger partial charge in [-0.15, -0.1) is 0 Å². The number of benzene rings is 1. The predicted octanol–water partition coefficient (Wildman–Crippen LogP) is 1.16. The third kappa shape index (κ3) is 2.28. The zero-order valence-corrected chi connectivity index (χ0v) is 9.38. The van der Waals surface area contributed by atoms with E-state index in [4.69, 9.17) is 10.9 Å². The number of nitrogens with zero attached hydrogens (tertiary/aromatic N) is 3. The van der Waals surface area contributed by atoms with Gasteiger partial charge in [0.1, 0.15) is 5.82 Å². The van der Waals surface area contributed by atoms with Crippen LogP contribution in [0.3, 0.4) is 0 Å². The van der Waals surface area contributed by atoms with E-state index in [9.17, 15) is 4.39 Å². The molecule has 1 heterocycles. The van der Waals surface area contributed by atoms with Crippen molar-refractivity contribution in [3.05, 3.63) is 35.3 Å². The van der Waals surface area contributed by atoms with Crippen LogP contribution < -0.4 is 11.2 Å². The molecule has 0 bridgehead atoms. The molecule has 0 unspecified atom stereocenters. The molecule has 1 aromatic heterocycles. The van der Waals surface area contributed by atoms with Gasteiger partial charge in [0.2, 0.25) is 0 Å². The van der Waals surface area contributed by atoms with Crippen molar-refractivity contribution in [3.8, 4) is 0 Å². The molecule has 7 nitrogen and oxygen atoms in total. The summed E-state index contributed by atoms with van der Waals surface area (Å²) in [5.41, 5.74) is 8.23. The summed E-state index contributed by atoms with van der Waals surface area (Å²) in [6.45, 7) is 1.60. The van der Waals surface area contributed by atoms with Gasteiger partial charge in [-0.05, 0) is 41.0 Å². The number of hydrogen-bond donors (Lipinski definition) is 3. The lowest BCUT2D eigenvalue weighted by atomic mass is 10.2. The molecule has 2 aromatic rings. The van der Waals surface area contributed by atoms with E-state index in [1.54, 1.807) is 6.92 Å². The third-order valence-electron chi connectivity index (χ3n) is 2.23. The van der Waals surface area contributed by atoms with E-state index in [0.29, 0.717) is 11.3 Å². The van der Waals surface area contributed by atoms with E-state index in [1.165, 1.54) is 18.2 Å². The molecule has 8 heteroatoms. The number of hydroxylamine groups is 1. The lowest BCUT2D eigenvalue weighted by Crippen LogP contribution is -2.21. The van der Waals surface area contributed by atoms with Gasteiger partial charge in [-0.3, -0.25) is 10.7 Å². The smallest absolute Gasteiger partial charge is 0.199 e. The highest BCUT2D eigenvalue weighted by atomic mass is 19.1. The Kier molecular flexibility index (Phi) is 3.20. The molecule has 0 amide bonds. The lowest BCUT2D eigenvalue weighted by molar-refractivity contribution is 0.234. The summed E-state index contributed by atoms with van der Waals surface area (Å²) in [6, 6.07) is 4.23. The maximum absolute atomic E-state index is 13.1. The molecule has 94 valence electrons. The first-order valence-corrected chi connectivity index (χ1v) is 4.95. The van der Waals surface area contributed by atoms with E-state index in [-0.39, 0.29) is 23.2 Å². The molecule has 0 atom stereocenters. The van der Waals surface area contributed by atoms with Gasteiger partial charge in [-0.2, -0.15) is 0 Å². The van der Waals surface area contributed by atoms with Crippen molar-refractivity contribution >= 4 is 17.3 Å². The second-order valence-corrected chi connectivity index (χ2v) is 3.50. The van der Waals surface area contributed by atoms with Crippen molar-refractivity contribution in [1.82, 2.24) is 15.8 Å². The average Bonchev–Trinajstić information content (AvgIpc) is 2.77. The van der Waals surface area contributed by atoms with Crippen molar-refractivity contribution in [3.63, 3.8) is 0 Å². The molecule has 4 N–H and O–H groups in total. The third-order valence-corrected chi connectivity index (χ3v) is 2.23. The summed E-state index contributed by atoms with van der Waals surface area (Å²) in [5.74, 6) is -0.399. The zero-order valence-electron chi connectivity index (χ0n) is 9.38. The number of amidine groups is 1. The van der Waals surface area contributed by atoms with Crippen molar-refractivity contribution in [2.75, 3.05) is 5.73 Å². The lowest BCUT2D eigenvalue weighted by Gasteiger charge is -2.02. The van der Waals surface area contributed by atoms with Crippen molar-refractivity contribution < 1.29 is 14.2 Å². The van der Waals surface area contributed by atoms with Gasteiger partial charge in [0, 0.05) is 0 Å². The SMILES string of the molecule is Cc1cc(N=C(NO)c2nonc2N)ccc1F. The number of halogens is 1. The fourth-order valence-corrected chi connectivity index (χ4v) is 1.32. The fraction of sp³-hybridized carbons (Fsp3) is 0.100. The highest BCUT2D eigenvalue weighted by Crippen LogP contribution is 2.18. The Hall–Kier alpha value is -2.48. The van der Waals surface area contributed by atoms with Crippen LogP contribution in [0.15, 0.2) is 27.8 Å². The summed E-state index contributed by atoms with van der Waals surface area (Å²) in [7, 11) is 0. The van der Waals surface area contributed by atoms with Crippen LogP contribution >= 0.6 is 0 Å². The number of aryl methyl sites for hydroxylation is 1. The number of nitrogens with two attached hydrogens (primary N) is 1. The molecule has 1 aromatic carbocycles. The average molecular weight is 251 g/mol. The van der Waals surface area contributed by atoms with Crippen LogP contribution in [-0.2, 0) is 0 Å². The molecule has 18 heavy (non-hydrogen) atoms. The summed E-state index contributed by atoms with van der Waals surface area (Å²) in [5, 5.41) is 15.8. The first-order chi connectivity index (χ1) is 8.61. The number of nitrogen functional groups attached to an aromatic ring is 1. The number of nitrogens with one attached hydrogen (secondary N) is 1. The van der Waals surface area contributed by atoms with Crippen LogP contribution in [0.1, 0.15) is 11.3 Å². The van der Waals surface area contributed by atoms with Crippen LogP contribution in [0.4, 0.5) is 15.9 Å². The largest absolute Gasteiger partial charge is 0.379 e. The number of hydrogen-bond acceptors (Lipinski definition) is 6. The second-order valence-electron chi connectivity index (χ2n) is 3.50. The Balaban J connectivity index is 2.41. The molecule has 0 radical (unpaired) electrons. The molecule has 0 aliphatic heterocycles. The summed E-state index contributed by atoms with van der Waals surface area (Å²) in [4.78, 5) is 4.03. The van der Waals surface area contributed by atoms with Crippen LogP contribution in [0.2, 0.25) is 0 Å². The van der Waals surface area contributed by atoms with Crippen molar-refractivity contribution in [2.24, 2.45) is 4.99 Å². The Morgan fingerprint density at radius 3 is 2.83 bits per heavy atom. The molecule has 0 aliphatic rings. The summed E-state index contributed by atoms with van der Waals surface area (Å²) >= 11 is 0. The Bertz CT molecular complexity index is 596. The van der Waals surface area contributed by atoms with E-state index in [0.717, 1.165) is 0 Å². The molecule has 0 aliphatic carbocycles.